The van der Waals surface area contributed by atoms with E-state index in [0.717, 1.165) is 17.5 Å². The number of nitro groups is 1. The fraction of sp³-hybridized carbons (Fsp3) is 0.190. The van der Waals surface area contributed by atoms with Crippen LogP contribution in [0.5, 0.6) is 0 Å². The predicted octanol–water partition coefficient (Wildman–Crippen LogP) is 3.51. The SMILES string of the molecule is Cc1ccnc(NC(=O)c2cnc(N3CCc4ccccc4C3)c([N+](=O)[O-])c2)c1. The molecule has 146 valence electrons. The predicted molar refractivity (Wildman–Crippen MR) is 109 cm³/mol. The Morgan fingerprint density at radius 2 is 1.97 bits per heavy atom. The summed E-state index contributed by atoms with van der Waals surface area (Å²) in [6, 6.07) is 12.8. The number of hydrogen-bond acceptors (Lipinski definition) is 6. The number of rotatable bonds is 4. The molecule has 0 unspecified atom stereocenters. The van der Waals surface area contributed by atoms with E-state index in [4.69, 9.17) is 0 Å². The maximum Gasteiger partial charge on any atom is 0.312 e. The standard InChI is InChI=1S/C21H19N5O3/c1-14-6-8-22-19(10-14)24-21(27)17-11-18(26(28)29)20(23-12-17)25-9-7-15-4-2-3-5-16(15)13-25/h2-6,8,10-12H,7,9,13H2,1H3,(H,22,24,27). The molecule has 8 heteroatoms. The Kier molecular flexibility index (Phi) is 4.90. The van der Waals surface area contributed by atoms with Gasteiger partial charge in [0.15, 0.2) is 0 Å². The van der Waals surface area contributed by atoms with Gasteiger partial charge in [-0.3, -0.25) is 14.9 Å². The minimum atomic E-state index is -0.495. The quantitative estimate of drug-likeness (QED) is 0.541. The number of aryl methyl sites for hydroxylation is 1. The molecular formula is C21H19N5O3. The average molecular weight is 389 g/mol. The number of carbonyl (C=O) groups excluding carboxylic acids is 1. The second-order valence-electron chi connectivity index (χ2n) is 6.94. The Bertz CT molecular complexity index is 1100. The van der Waals surface area contributed by atoms with Crippen molar-refractivity contribution < 1.29 is 9.72 Å². The van der Waals surface area contributed by atoms with E-state index in [1.165, 1.54) is 17.8 Å². The van der Waals surface area contributed by atoms with Gasteiger partial charge >= 0.3 is 5.69 Å². The van der Waals surface area contributed by atoms with Crippen LogP contribution in [0.3, 0.4) is 0 Å². The lowest BCUT2D eigenvalue weighted by atomic mass is 10.00. The molecule has 1 aliphatic heterocycles. The average Bonchev–Trinajstić information content (AvgIpc) is 2.73. The van der Waals surface area contributed by atoms with Gasteiger partial charge < -0.3 is 10.2 Å². The molecule has 29 heavy (non-hydrogen) atoms. The number of anilines is 2. The molecule has 3 aromatic rings. The lowest BCUT2D eigenvalue weighted by Gasteiger charge is -2.29. The molecule has 1 amide bonds. The number of nitrogens with one attached hydrogen (secondary N) is 1. The zero-order valence-electron chi connectivity index (χ0n) is 15.8. The molecule has 1 aromatic carbocycles. The molecule has 0 bridgehead atoms. The van der Waals surface area contributed by atoms with Gasteiger partial charge in [0.25, 0.3) is 5.91 Å². The number of benzene rings is 1. The van der Waals surface area contributed by atoms with Gasteiger partial charge in [0, 0.05) is 31.5 Å². The molecule has 2 aromatic heterocycles. The Morgan fingerprint density at radius 3 is 2.72 bits per heavy atom. The van der Waals surface area contributed by atoms with Gasteiger partial charge in [-0.25, -0.2) is 9.97 Å². The maximum atomic E-state index is 12.5. The summed E-state index contributed by atoms with van der Waals surface area (Å²) in [6.07, 6.45) is 3.74. The summed E-state index contributed by atoms with van der Waals surface area (Å²) >= 11 is 0. The highest BCUT2D eigenvalue weighted by molar-refractivity contribution is 6.04. The van der Waals surface area contributed by atoms with Crippen molar-refractivity contribution in [2.45, 2.75) is 19.9 Å². The molecule has 0 atom stereocenters. The minimum Gasteiger partial charge on any atom is -0.346 e. The molecule has 0 radical (unpaired) electrons. The zero-order valence-corrected chi connectivity index (χ0v) is 15.8. The third-order valence-electron chi connectivity index (χ3n) is 4.89. The molecule has 1 N–H and O–H groups in total. The van der Waals surface area contributed by atoms with Crippen molar-refractivity contribution in [1.29, 1.82) is 0 Å². The van der Waals surface area contributed by atoms with Gasteiger partial charge in [-0.1, -0.05) is 24.3 Å². The van der Waals surface area contributed by atoms with Gasteiger partial charge in [-0.2, -0.15) is 0 Å². The first-order valence-corrected chi connectivity index (χ1v) is 9.21. The van der Waals surface area contributed by atoms with Crippen LogP contribution in [0.4, 0.5) is 17.3 Å². The van der Waals surface area contributed by atoms with Crippen LogP contribution in [-0.4, -0.2) is 27.3 Å². The minimum absolute atomic E-state index is 0.112. The van der Waals surface area contributed by atoms with E-state index in [1.807, 2.05) is 36.1 Å². The Morgan fingerprint density at radius 1 is 1.17 bits per heavy atom. The summed E-state index contributed by atoms with van der Waals surface area (Å²) in [5, 5.41) is 14.3. The highest BCUT2D eigenvalue weighted by Gasteiger charge is 2.26. The van der Waals surface area contributed by atoms with E-state index in [0.29, 0.717) is 18.9 Å². The van der Waals surface area contributed by atoms with Crippen LogP contribution >= 0.6 is 0 Å². The molecule has 0 spiro atoms. The molecule has 0 saturated heterocycles. The van der Waals surface area contributed by atoms with Crippen LogP contribution in [0.1, 0.15) is 27.0 Å². The topological polar surface area (TPSA) is 101 Å². The number of fused-ring (bicyclic) bond motifs is 1. The van der Waals surface area contributed by atoms with Crippen LogP contribution < -0.4 is 10.2 Å². The van der Waals surface area contributed by atoms with Crippen LogP contribution in [0.25, 0.3) is 0 Å². The first-order chi connectivity index (χ1) is 14.0. The van der Waals surface area contributed by atoms with Crippen molar-refractivity contribution >= 4 is 23.2 Å². The third-order valence-corrected chi connectivity index (χ3v) is 4.89. The van der Waals surface area contributed by atoms with Crippen LogP contribution in [0, 0.1) is 17.0 Å². The van der Waals surface area contributed by atoms with Crippen molar-refractivity contribution in [1.82, 2.24) is 9.97 Å². The fourth-order valence-electron chi connectivity index (χ4n) is 3.42. The monoisotopic (exact) mass is 389 g/mol. The van der Waals surface area contributed by atoms with Gasteiger partial charge in [0.2, 0.25) is 5.82 Å². The molecule has 8 nitrogen and oxygen atoms in total. The fourth-order valence-corrected chi connectivity index (χ4v) is 3.42. The Hall–Kier alpha value is -3.81. The van der Waals surface area contributed by atoms with Gasteiger partial charge in [-0.15, -0.1) is 0 Å². The van der Waals surface area contributed by atoms with E-state index in [1.54, 1.807) is 12.3 Å². The highest BCUT2D eigenvalue weighted by Crippen LogP contribution is 2.31. The summed E-state index contributed by atoms with van der Waals surface area (Å²) in [7, 11) is 0. The van der Waals surface area contributed by atoms with Crippen molar-refractivity contribution in [3.05, 3.63) is 87.2 Å². The number of pyridine rings is 2. The lowest BCUT2D eigenvalue weighted by molar-refractivity contribution is -0.384. The van der Waals surface area contributed by atoms with E-state index in [-0.39, 0.29) is 17.1 Å². The number of carbonyl (C=O) groups is 1. The van der Waals surface area contributed by atoms with E-state index < -0.39 is 10.8 Å². The van der Waals surface area contributed by atoms with Gasteiger partial charge in [0.05, 0.1) is 10.5 Å². The molecule has 4 rings (SSSR count). The van der Waals surface area contributed by atoms with E-state index in [2.05, 4.69) is 21.4 Å². The van der Waals surface area contributed by atoms with Gasteiger partial charge in [-0.05, 0) is 42.2 Å². The lowest BCUT2D eigenvalue weighted by Crippen LogP contribution is -2.31. The van der Waals surface area contributed by atoms with Crippen LogP contribution in [0.15, 0.2) is 54.9 Å². The van der Waals surface area contributed by atoms with Crippen LogP contribution in [0.2, 0.25) is 0 Å². The zero-order chi connectivity index (χ0) is 20.4. The molecule has 3 heterocycles. The number of nitrogens with zero attached hydrogens (tertiary/aromatic N) is 4. The summed E-state index contributed by atoms with van der Waals surface area (Å²) in [6.45, 7) is 3.06. The Balaban J connectivity index is 1.60. The number of hydrogen-bond donors (Lipinski definition) is 1. The summed E-state index contributed by atoms with van der Waals surface area (Å²) in [5.74, 6) is 0.165. The smallest absolute Gasteiger partial charge is 0.312 e. The van der Waals surface area contributed by atoms with Crippen molar-refractivity contribution in [3.8, 4) is 0 Å². The largest absolute Gasteiger partial charge is 0.346 e. The number of amides is 1. The number of aromatic nitrogens is 2. The third kappa shape index (κ3) is 3.91. The van der Waals surface area contributed by atoms with Crippen molar-refractivity contribution in [3.63, 3.8) is 0 Å². The van der Waals surface area contributed by atoms with E-state index >= 15 is 0 Å². The summed E-state index contributed by atoms with van der Waals surface area (Å²) < 4.78 is 0. The second kappa shape index (κ2) is 7.67. The molecule has 0 saturated carbocycles. The van der Waals surface area contributed by atoms with Gasteiger partial charge in [0.1, 0.15) is 5.82 Å². The Labute approximate surface area is 167 Å². The normalized spacial score (nSPS) is 12.9. The van der Waals surface area contributed by atoms with Crippen molar-refractivity contribution in [2.24, 2.45) is 0 Å². The molecule has 0 aliphatic carbocycles. The second-order valence-corrected chi connectivity index (χ2v) is 6.94. The summed E-state index contributed by atoms with van der Waals surface area (Å²) in [5.41, 5.74) is 3.24. The van der Waals surface area contributed by atoms with Crippen molar-refractivity contribution in [2.75, 3.05) is 16.8 Å². The summed E-state index contributed by atoms with van der Waals surface area (Å²) in [4.78, 5) is 34.0. The van der Waals surface area contributed by atoms with Crippen LogP contribution in [-0.2, 0) is 13.0 Å². The molecular weight excluding hydrogens is 370 g/mol. The molecule has 1 aliphatic rings. The first kappa shape index (κ1) is 18.5. The molecule has 0 fully saturated rings. The highest BCUT2D eigenvalue weighted by atomic mass is 16.6. The van der Waals surface area contributed by atoms with E-state index in [9.17, 15) is 14.9 Å². The maximum absolute atomic E-state index is 12.5. The first-order valence-electron chi connectivity index (χ1n) is 9.21.